The fourth-order valence-electron chi connectivity index (χ4n) is 5.06. The van der Waals surface area contributed by atoms with Crippen molar-refractivity contribution in [3.05, 3.63) is 77.4 Å². The van der Waals surface area contributed by atoms with E-state index in [-0.39, 0.29) is 30.6 Å². The van der Waals surface area contributed by atoms with Crippen molar-refractivity contribution < 1.29 is 33.9 Å². The Morgan fingerprint density at radius 3 is 2.60 bits per heavy atom. The number of hydrogen-bond donors (Lipinski definition) is 3. The first kappa shape index (κ1) is 30.4. The van der Waals surface area contributed by atoms with Crippen LogP contribution in [-0.4, -0.2) is 58.8 Å². The van der Waals surface area contributed by atoms with Crippen LogP contribution in [0.15, 0.2) is 65.8 Å². The lowest BCUT2D eigenvalue weighted by Gasteiger charge is -2.39. The molecule has 0 spiro atoms. The summed E-state index contributed by atoms with van der Waals surface area (Å²) < 4.78 is 11.0. The molecular formula is C31H36N4O7. The number of rotatable bonds is 8. The molecule has 0 unspecified atom stereocenters. The van der Waals surface area contributed by atoms with Crippen molar-refractivity contribution in [2.75, 3.05) is 6.61 Å². The van der Waals surface area contributed by atoms with E-state index in [0.29, 0.717) is 43.5 Å². The molecule has 4 rings (SSSR count). The summed E-state index contributed by atoms with van der Waals surface area (Å²) >= 11 is 0. The maximum atomic E-state index is 13.4. The second-order valence-corrected chi connectivity index (χ2v) is 10.2. The molecule has 0 bridgehead atoms. The average molecular weight is 577 g/mol. The molecule has 0 saturated heterocycles. The highest BCUT2D eigenvalue weighted by molar-refractivity contribution is 5.95. The van der Waals surface area contributed by atoms with Crippen LogP contribution in [0.1, 0.15) is 72.9 Å². The van der Waals surface area contributed by atoms with Crippen molar-refractivity contribution in [1.82, 2.24) is 15.8 Å². The molecule has 1 saturated carbocycles. The number of fused-ring (bicyclic) bond motifs is 1. The van der Waals surface area contributed by atoms with Crippen LogP contribution in [0, 0.1) is 0 Å². The van der Waals surface area contributed by atoms with Gasteiger partial charge in [0.1, 0.15) is 11.9 Å². The molecule has 1 aliphatic heterocycles. The van der Waals surface area contributed by atoms with Gasteiger partial charge in [-0.3, -0.25) is 24.4 Å². The summed E-state index contributed by atoms with van der Waals surface area (Å²) in [6.45, 7) is 0.0209. The minimum atomic E-state index is -0.693. The Kier molecular flexibility index (Phi) is 11.2. The average Bonchev–Trinajstić information content (AvgIpc) is 3.00. The smallest absolute Gasteiger partial charge is 0.306 e. The fraction of sp³-hybridized carbons (Fsp3) is 0.387. The molecule has 3 amide bonds. The summed E-state index contributed by atoms with van der Waals surface area (Å²) in [6.07, 6.45) is 10.6. The Balaban J connectivity index is 1.40. The number of nitrogens with one attached hydrogen (secondary N) is 2. The third-order valence-corrected chi connectivity index (χ3v) is 7.17. The summed E-state index contributed by atoms with van der Waals surface area (Å²) in [5, 5.41) is 12.6. The lowest BCUT2D eigenvalue weighted by atomic mass is 9.90. The molecule has 11 heteroatoms. The van der Waals surface area contributed by atoms with Gasteiger partial charge in [-0.2, -0.15) is 5.10 Å². The zero-order chi connectivity index (χ0) is 29.7. The number of hydroxylamine groups is 1. The number of hydrazone groups is 1. The van der Waals surface area contributed by atoms with Gasteiger partial charge in [-0.15, -0.1) is 0 Å². The van der Waals surface area contributed by atoms with Gasteiger partial charge in [-0.25, -0.2) is 10.9 Å². The largest absolute Gasteiger partial charge is 0.484 e. The molecule has 0 aromatic heterocycles. The molecule has 2 aliphatic rings. The lowest BCUT2D eigenvalue weighted by molar-refractivity contribution is -0.159. The maximum Gasteiger partial charge on any atom is 0.306 e. The molecule has 0 radical (unpaired) electrons. The Labute approximate surface area is 244 Å². The first-order chi connectivity index (χ1) is 20.4. The molecule has 1 heterocycles. The number of carbonyl (C=O) groups is 4. The van der Waals surface area contributed by atoms with Crippen molar-refractivity contribution in [3.8, 4) is 5.75 Å². The molecule has 42 heavy (non-hydrogen) atoms. The molecule has 222 valence electrons. The third kappa shape index (κ3) is 9.00. The van der Waals surface area contributed by atoms with Crippen LogP contribution in [0.5, 0.6) is 5.75 Å². The van der Waals surface area contributed by atoms with E-state index >= 15 is 0 Å². The maximum absolute atomic E-state index is 13.4. The first-order valence-corrected chi connectivity index (χ1v) is 14.1. The van der Waals surface area contributed by atoms with Crippen LogP contribution in [0.25, 0.3) is 0 Å². The van der Waals surface area contributed by atoms with Crippen LogP contribution >= 0.6 is 0 Å². The van der Waals surface area contributed by atoms with E-state index in [1.807, 2.05) is 41.3 Å². The third-order valence-electron chi connectivity index (χ3n) is 7.17. The normalized spacial score (nSPS) is 20.5. The highest BCUT2D eigenvalue weighted by Gasteiger charge is 2.35. The molecule has 11 nitrogen and oxygen atoms in total. The second kappa shape index (κ2) is 15.5. The molecule has 1 aliphatic carbocycles. The van der Waals surface area contributed by atoms with Crippen molar-refractivity contribution in [2.24, 2.45) is 5.10 Å². The minimum Gasteiger partial charge on any atom is -0.484 e. The first-order valence-electron chi connectivity index (χ1n) is 14.1. The van der Waals surface area contributed by atoms with Gasteiger partial charge in [0, 0.05) is 24.9 Å². The Hall–Kier alpha value is -4.51. The number of esters is 1. The van der Waals surface area contributed by atoms with Crippen molar-refractivity contribution in [1.29, 1.82) is 0 Å². The topological polar surface area (TPSA) is 147 Å². The van der Waals surface area contributed by atoms with E-state index in [2.05, 4.69) is 10.5 Å². The van der Waals surface area contributed by atoms with E-state index in [4.69, 9.17) is 14.7 Å². The van der Waals surface area contributed by atoms with Gasteiger partial charge < -0.3 is 14.4 Å². The Morgan fingerprint density at radius 1 is 1.05 bits per heavy atom. The molecular weight excluding hydrogens is 540 g/mol. The molecule has 3 N–H and O–H groups in total. The van der Waals surface area contributed by atoms with Crippen LogP contribution in [0.3, 0.4) is 0 Å². The van der Waals surface area contributed by atoms with Gasteiger partial charge >= 0.3 is 5.97 Å². The zero-order valence-corrected chi connectivity index (χ0v) is 23.4. The quantitative estimate of drug-likeness (QED) is 0.143. The predicted octanol–water partition coefficient (Wildman–Crippen LogP) is 3.65. The van der Waals surface area contributed by atoms with Crippen molar-refractivity contribution >= 4 is 29.9 Å². The van der Waals surface area contributed by atoms with E-state index in [9.17, 15) is 19.2 Å². The van der Waals surface area contributed by atoms with Gasteiger partial charge in [0.05, 0.1) is 12.3 Å². The number of benzene rings is 2. The molecule has 2 aromatic carbocycles. The molecule has 1 fully saturated rings. The lowest BCUT2D eigenvalue weighted by Crippen LogP contribution is -2.49. The highest BCUT2D eigenvalue weighted by Crippen LogP contribution is 2.29. The fourth-order valence-corrected chi connectivity index (χ4v) is 5.06. The van der Waals surface area contributed by atoms with E-state index in [1.165, 1.54) is 36.0 Å². The monoisotopic (exact) mass is 576 g/mol. The van der Waals surface area contributed by atoms with Crippen molar-refractivity contribution in [2.45, 2.75) is 70.1 Å². The summed E-state index contributed by atoms with van der Waals surface area (Å²) in [5.41, 5.74) is 5.95. The number of hydrogen-bond acceptors (Lipinski definition) is 8. The van der Waals surface area contributed by atoms with Gasteiger partial charge in [-0.05, 0) is 73.6 Å². The SMILES string of the molecule is O=C(COc1ccc(C(=O)N/N=C/c2cccc(CN3C(=O)CC/C=C/CCC(=O)O[C@@H]4CCCC[C@H]43)c2)cc1)NO. The van der Waals surface area contributed by atoms with Gasteiger partial charge in [-0.1, -0.05) is 36.8 Å². The molecule has 2 aromatic rings. The second-order valence-electron chi connectivity index (χ2n) is 10.2. The number of carbonyl (C=O) groups excluding carboxylic acids is 4. The molecule has 2 atom stereocenters. The summed E-state index contributed by atoms with van der Waals surface area (Å²) in [4.78, 5) is 51.2. The number of ether oxygens (including phenoxy) is 2. The van der Waals surface area contributed by atoms with Crippen LogP contribution in [-0.2, 0) is 25.7 Å². The predicted molar refractivity (Wildman–Crippen MR) is 154 cm³/mol. The van der Waals surface area contributed by atoms with Crippen molar-refractivity contribution in [3.63, 3.8) is 0 Å². The van der Waals surface area contributed by atoms with Gasteiger partial charge in [0.25, 0.3) is 11.8 Å². The van der Waals surface area contributed by atoms with Crippen LogP contribution in [0.2, 0.25) is 0 Å². The summed E-state index contributed by atoms with van der Waals surface area (Å²) in [7, 11) is 0. The minimum absolute atomic E-state index is 0.0348. The van der Waals surface area contributed by atoms with E-state index in [0.717, 1.165) is 36.8 Å². The van der Waals surface area contributed by atoms with E-state index in [1.54, 1.807) is 0 Å². The highest BCUT2D eigenvalue weighted by atomic mass is 16.5. The Bertz CT molecular complexity index is 1310. The zero-order valence-electron chi connectivity index (χ0n) is 23.4. The Morgan fingerprint density at radius 2 is 1.81 bits per heavy atom. The van der Waals surface area contributed by atoms with Gasteiger partial charge in [0.2, 0.25) is 5.91 Å². The number of allylic oxidation sites excluding steroid dienone is 2. The number of amides is 3. The number of nitrogens with zero attached hydrogens (tertiary/aromatic N) is 2. The summed E-state index contributed by atoms with van der Waals surface area (Å²) in [5.74, 6) is -0.950. The standard InChI is InChI=1S/C31H36N4O7/c36-28(34-40)21-41-25-16-14-24(15-17-25)31(39)33-32-19-22-8-7-9-23(18-22)20-35-26-10-5-6-11-27(26)42-30(38)13-4-2-1-3-12-29(35)37/h1-2,7-9,14-19,26-27,40H,3-6,10-13,20-21H2,(H,33,39)(H,34,36)/b2-1+,32-19+/t26-,27-/m1/s1. The van der Waals surface area contributed by atoms with E-state index < -0.39 is 11.8 Å². The van der Waals surface area contributed by atoms with Crippen LogP contribution < -0.4 is 15.6 Å². The van der Waals surface area contributed by atoms with Crippen LogP contribution in [0.4, 0.5) is 0 Å². The summed E-state index contributed by atoms with van der Waals surface area (Å²) in [6, 6.07) is 13.5. The van der Waals surface area contributed by atoms with Gasteiger partial charge in [0.15, 0.2) is 6.61 Å².